The molecule has 1 saturated carbocycles. The topological polar surface area (TPSA) is 93.7 Å². The van der Waals surface area contributed by atoms with Crippen molar-refractivity contribution < 1.29 is 23.9 Å². The van der Waals surface area contributed by atoms with E-state index >= 15 is 0 Å². The molecule has 7 heteroatoms. The lowest BCUT2D eigenvalue weighted by Gasteiger charge is -2.25. The monoisotopic (exact) mass is 592 g/mol. The first kappa shape index (κ1) is 33.3. The molecule has 43 heavy (non-hydrogen) atoms. The molecule has 1 saturated heterocycles. The Bertz CT molecular complexity index is 1060. The van der Waals surface area contributed by atoms with E-state index < -0.39 is 0 Å². The van der Waals surface area contributed by atoms with E-state index in [1.807, 2.05) is 24.3 Å². The SMILES string of the molecule is O=C(CCOCCOCCC(=O)C1CCCCCCCC1)NCCCCCC1NC2/C3=C/C=C\C=C/C=C(C=C3)/C2C1=O. The molecular weight excluding hydrogens is 540 g/mol. The zero-order valence-corrected chi connectivity index (χ0v) is 25.9. The van der Waals surface area contributed by atoms with Gasteiger partial charge >= 0.3 is 0 Å². The van der Waals surface area contributed by atoms with E-state index in [0.717, 1.165) is 49.7 Å². The Hall–Kier alpha value is -2.61. The van der Waals surface area contributed by atoms with Gasteiger partial charge in [-0.3, -0.25) is 19.7 Å². The summed E-state index contributed by atoms with van der Waals surface area (Å²) in [5.41, 5.74) is 2.24. The van der Waals surface area contributed by atoms with Crippen molar-refractivity contribution in [3.8, 4) is 0 Å². The molecule has 2 N–H and O–H groups in total. The third kappa shape index (κ3) is 11.1. The minimum atomic E-state index is -0.123. The van der Waals surface area contributed by atoms with Crippen LogP contribution >= 0.6 is 0 Å². The number of ketones is 2. The van der Waals surface area contributed by atoms with Crippen molar-refractivity contribution in [2.24, 2.45) is 11.8 Å². The molecule has 4 aliphatic rings. The number of allylic oxidation sites excluding steroid dienone is 7. The first-order valence-corrected chi connectivity index (χ1v) is 16.8. The molecule has 236 valence electrons. The highest BCUT2D eigenvalue weighted by molar-refractivity contribution is 5.93. The summed E-state index contributed by atoms with van der Waals surface area (Å²) >= 11 is 0. The van der Waals surface area contributed by atoms with Gasteiger partial charge in [0.05, 0.1) is 38.4 Å². The highest BCUT2D eigenvalue weighted by atomic mass is 16.5. The van der Waals surface area contributed by atoms with Crippen LogP contribution in [0.5, 0.6) is 0 Å². The van der Waals surface area contributed by atoms with E-state index in [1.165, 1.54) is 38.5 Å². The fourth-order valence-electron chi connectivity index (χ4n) is 6.61. The quantitative estimate of drug-likeness (QED) is 0.218. The molecule has 1 heterocycles. The fourth-order valence-corrected chi connectivity index (χ4v) is 6.61. The number of Topliss-reactive ketones (excluding diaryl/α,β-unsaturated/α-hetero) is 2. The maximum atomic E-state index is 13.2. The summed E-state index contributed by atoms with van der Waals surface area (Å²) in [7, 11) is 0. The summed E-state index contributed by atoms with van der Waals surface area (Å²) in [6.07, 6.45) is 30.3. The summed E-state index contributed by atoms with van der Waals surface area (Å²) in [6.45, 7) is 2.32. The van der Waals surface area contributed by atoms with Crippen molar-refractivity contribution >= 4 is 17.5 Å². The van der Waals surface area contributed by atoms with E-state index in [1.54, 1.807) is 0 Å². The summed E-state index contributed by atoms with van der Waals surface area (Å²) in [5.74, 6) is 0.744. The number of amides is 1. The van der Waals surface area contributed by atoms with E-state index in [4.69, 9.17) is 9.47 Å². The van der Waals surface area contributed by atoms with Crippen molar-refractivity contribution in [3.63, 3.8) is 0 Å². The number of nitrogens with one attached hydrogen (secondary N) is 2. The number of rotatable bonds is 16. The van der Waals surface area contributed by atoms with Gasteiger partial charge in [-0.1, -0.05) is 100.0 Å². The maximum Gasteiger partial charge on any atom is 0.222 e. The number of carbonyl (C=O) groups is 3. The van der Waals surface area contributed by atoms with Crippen LogP contribution in [-0.2, 0) is 23.9 Å². The van der Waals surface area contributed by atoms with Crippen LogP contribution in [0.2, 0.25) is 0 Å². The Morgan fingerprint density at radius 2 is 1.42 bits per heavy atom. The molecule has 0 aromatic carbocycles. The van der Waals surface area contributed by atoms with Crippen molar-refractivity contribution in [1.29, 1.82) is 0 Å². The molecule has 7 nitrogen and oxygen atoms in total. The van der Waals surface area contributed by atoms with Crippen LogP contribution in [0.15, 0.2) is 59.8 Å². The molecule has 0 aromatic rings. The molecule has 0 radical (unpaired) electrons. The van der Waals surface area contributed by atoms with Gasteiger partial charge in [0.25, 0.3) is 0 Å². The zero-order chi connectivity index (χ0) is 30.1. The smallest absolute Gasteiger partial charge is 0.222 e. The number of unbranched alkanes of at least 4 members (excludes halogenated alkanes) is 2. The molecule has 2 bridgehead atoms. The van der Waals surface area contributed by atoms with Gasteiger partial charge < -0.3 is 14.8 Å². The lowest BCUT2D eigenvalue weighted by Crippen LogP contribution is -2.34. The highest BCUT2D eigenvalue weighted by Crippen LogP contribution is 2.36. The second kappa shape index (κ2) is 18.9. The maximum absolute atomic E-state index is 13.2. The Morgan fingerprint density at radius 1 is 0.767 bits per heavy atom. The Kier molecular flexibility index (Phi) is 14.6. The third-order valence-corrected chi connectivity index (χ3v) is 9.10. The number of ether oxygens (including phenoxy) is 2. The molecule has 1 aliphatic heterocycles. The van der Waals surface area contributed by atoms with Crippen LogP contribution < -0.4 is 10.6 Å². The van der Waals surface area contributed by atoms with Crippen LogP contribution in [0.3, 0.4) is 0 Å². The zero-order valence-electron chi connectivity index (χ0n) is 25.9. The average molecular weight is 593 g/mol. The van der Waals surface area contributed by atoms with Crippen molar-refractivity contribution in [2.75, 3.05) is 33.0 Å². The van der Waals surface area contributed by atoms with E-state index in [2.05, 4.69) is 34.9 Å². The van der Waals surface area contributed by atoms with E-state index in [9.17, 15) is 14.4 Å². The van der Waals surface area contributed by atoms with E-state index in [0.29, 0.717) is 51.6 Å². The summed E-state index contributed by atoms with van der Waals surface area (Å²) in [6, 6.07) is -0.0743. The Labute approximate surface area is 258 Å². The van der Waals surface area contributed by atoms with Crippen LogP contribution in [0.4, 0.5) is 0 Å². The molecule has 0 aromatic heterocycles. The fraction of sp³-hybridized carbons (Fsp3) is 0.639. The van der Waals surface area contributed by atoms with Gasteiger partial charge in [0, 0.05) is 31.3 Å². The van der Waals surface area contributed by atoms with Gasteiger partial charge in [-0.05, 0) is 36.8 Å². The first-order chi connectivity index (χ1) is 21.1. The number of hydrogen-bond acceptors (Lipinski definition) is 6. The summed E-state index contributed by atoms with van der Waals surface area (Å²) in [5, 5.41) is 6.56. The predicted molar refractivity (Wildman–Crippen MR) is 171 cm³/mol. The second-order valence-corrected chi connectivity index (χ2v) is 12.3. The van der Waals surface area contributed by atoms with Gasteiger partial charge in [-0.15, -0.1) is 0 Å². The van der Waals surface area contributed by atoms with Gasteiger partial charge in [0.1, 0.15) is 5.78 Å². The lowest BCUT2D eigenvalue weighted by atomic mass is 9.80. The predicted octanol–water partition coefficient (Wildman–Crippen LogP) is 5.87. The van der Waals surface area contributed by atoms with Gasteiger partial charge in [-0.2, -0.15) is 0 Å². The van der Waals surface area contributed by atoms with Crippen molar-refractivity contribution in [2.45, 2.75) is 102 Å². The lowest BCUT2D eigenvalue weighted by molar-refractivity contribution is -0.125. The highest BCUT2D eigenvalue weighted by Gasteiger charge is 2.44. The minimum Gasteiger partial charge on any atom is -0.379 e. The average Bonchev–Trinajstić information content (AvgIpc) is 3.42. The molecule has 0 spiro atoms. The van der Waals surface area contributed by atoms with Crippen LogP contribution in [0.1, 0.15) is 89.9 Å². The normalized spacial score (nSPS) is 28.0. The molecule has 3 unspecified atom stereocenters. The van der Waals surface area contributed by atoms with Crippen LogP contribution in [0.25, 0.3) is 0 Å². The van der Waals surface area contributed by atoms with Crippen molar-refractivity contribution in [1.82, 2.24) is 10.6 Å². The molecule has 4 rings (SSSR count). The standard InChI is InChI=1S/C36H52N2O5/c39-32(28-14-8-3-1-2-4-9-15-28)21-24-42-26-27-43-25-22-33(40)37-23-13-7-12-18-31-36(41)34-29-16-10-5-6-11-17-30(20-19-29)35(34)38-31/h5-6,10-11,16-17,19-20,28,31,34-35,38H,1-4,7-9,12-15,18,21-27H2,(H,37,40)/b6-5?,10-5-,11-6-,16-10?,17-11?,29-16+,30-17+. The molecular formula is C36H52N2O5. The minimum absolute atomic E-state index is 0.00943. The van der Waals surface area contributed by atoms with E-state index in [-0.39, 0.29) is 35.6 Å². The molecule has 3 aliphatic carbocycles. The summed E-state index contributed by atoms with van der Waals surface area (Å²) < 4.78 is 11.1. The van der Waals surface area contributed by atoms with Gasteiger partial charge in [0.15, 0.2) is 5.78 Å². The van der Waals surface area contributed by atoms with Crippen LogP contribution in [-0.4, -0.2) is 62.5 Å². The van der Waals surface area contributed by atoms with Gasteiger partial charge in [-0.25, -0.2) is 0 Å². The summed E-state index contributed by atoms with van der Waals surface area (Å²) in [4.78, 5) is 37.9. The number of hydrogen-bond donors (Lipinski definition) is 2. The number of carbonyl (C=O) groups excluding carboxylic acids is 3. The molecule has 2 fully saturated rings. The third-order valence-electron chi connectivity index (χ3n) is 9.10. The molecule has 1 amide bonds. The van der Waals surface area contributed by atoms with Gasteiger partial charge in [0.2, 0.25) is 5.91 Å². The Balaban J connectivity index is 0.979. The van der Waals surface area contributed by atoms with Crippen LogP contribution in [0, 0.1) is 11.8 Å². The first-order valence-electron chi connectivity index (χ1n) is 16.8. The largest absolute Gasteiger partial charge is 0.379 e. The van der Waals surface area contributed by atoms with Crippen molar-refractivity contribution in [3.05, 3.63) is 59.8 Å². The second-order valence-electron chi connectivity index (χ2n) is 12.3. The Morgan fingerprint density at radius 3 is 2.16 bits per heavy atom. The molecule has 3 atom stereocenters.